The molecule has 2 N–H and O–H groups in total. The number of aryl methyl sites for hydroxylation is 1. The molecule has 0 saturated heterocycles. The molecule has 0 unspecified atom stereocenters. The van der Waals surface area contributed by atoms with Crippen molar-refractivity contribution in [2.75, 3.05) is 11.9 Å². The predicted octanol–water partition coefficient (Wildman–Crippen LogP) is 2.85. The topological polar surface area (TPSA) is 75.6 Å². The number of hydrogen-bond acceptors (Lipinski definition) is 3. The van der Waals surface area contributed by atoms with Gasteiger partial charge in [0.05, 0.1) is 0 Å². The van der Waals surface area contributed by atoms with Crippen molar-refractivity contribution < 1.29 is 23.8 Å². The van der Waals surface area contributed by atoms with Crippen molar-refractivity contribution in [2.24, 2.45) is 0 Å². The number of amides is 1. The molecule has 1 amide bonds. The van der Waals surface area contributed by atoms with E-state index in [1.807, 2.05) is 0 Å². The summed E-state index contributed by atoms with van der Waals surface area (Å²) in [4.78, 5) is 22.8. The van der Waals surface area contributed by atoms with Crippen LogP contribution >= 0.6 is 0 Å². The quantitative estimate of drug-likeness (QED) is 0.890. The lowest BCUT2D eigenvalue weighted by molar-refractivity contribution is -0.118. The normalized spacial score (nSPS) is 10.1. The number of nitrogens with one attached hydrogen (secondary N) is 1. The Bertz CT molecular complexity index is 698. The third kappa shape index (κ3) is 4.05. The Morgan fingerprint density at radius 1 is 1.18 bits per heavy atom. The van der Waals surface area contributed by atoms with E-state index in [9.17, 15) is 14.0 Å². The summed E-state index contributed by atoms with van der Waals surface area (Å²) in [5, 5.41) is 11.6. The minimum atomic E-state index is -1.13. The Morgan fingerprint density at radius 2 is 1.86 bits per heavy atom. The molecule has 0 aromatic heterocycles. The molecular weight excluding hydrogens is 289 g/mol. The first-order valence-corrected chi connectivity index (χ1v) is 6.48. The van der Waals surface area contributed by atoms with Crippen molar-refractivity contribution in [1.29, 1.82) is 0 Å². The number of hydrogen-bond donors (Lipinski definition) is 2. The molecule has 0 aliphatic heterocycles. The zero-order valence-electron chi connectivity index (χ0n) is 11.8. The number of halogens is 1. The van der Waals surface area contributed by atoms with Crippen LogP contribution in [0, 0.1) is 12.7 Å². The van der Waals surface area contributed by atoms with Crippen LogP contribution in [-0.2, 0) is 4.79 Å². The summed E-state index contributed by atoms with van der Waals surface area (Å²) in [6.45, 7) is 1.44. The van der Waals surface area contributed by atoms with Gasteiger partial charge in [-0.15, -0.1) is 0 Å². The fraction of sp³-hybridized carbons (Fsp3) is 0.125. The lowest BCUT2D eigenvalue weighted by Crippen LogP contribution is -2.20. The Balaban J connectivity index is 2.00. The second-order valence-electron chi connectivity index (χ2n) is 4.65. The number of carbonyl (C=O) groups excluding carboxylic acids is 1. The molecule has 6 heteroatoms. The summed E-state index contributed by atoms with van der Waals surface area (Å²) in [7, 11) is 0. The van der Waals surface area contributed by atoms with Gasteiger partial charge in [-0.05, 0) is 48.9 Å². The van der Waals surface area contributed by atoms with Crippen molar-refractivity contribution in [3.8, 4) is 5.75 Å². The van der Waals surface area contributed by atoms with E-state index in [1.54, 1.807) is 19.1 Å². The molecule has 0 spiro atoms. The lowest BCUT2D eigenvalue weighted by atomic mass is 10.1. The van der Waals surface area contributed by atoms with E-state index in [1.165, 1.54) is 30.3 Å². The van der Waals surface area contributed by atoms with Crippen molar-refractivity contribution in [3.63, 3.8) is 0 Å². The van der Waals surface area contributed by atoms with Crippen molar-refractivity contribution in [2.45, 2.75) is 6.92 Å². The molecule has 114 valence electrons. The van der Waals surface area contributed by atoms with Gasteiger partial charge in [0, 0.05) is 5.69 Å². The summed E-state index contributed by atoms with van der Waals surface area (Å²) in [6.07, 6.45) is 0. The van der Waals surface area contributed by atoms with Crippen LogP contribution in [-0.4, -0.2) is 23.6 Å². The zero-order valence-corrected chi connectivity index (χ0v) is 11.8. The number of anilines is 1. The second-order valence-corrected chi connectivity index (χ2v) is 4.65. The summed E-state index contributed by atoms with van der Waals surface area (Å²) >= 11 is 0. The van der Waals surface area contributed by atoms with Crippen LogP contribution in [0.3, 0.4) is 0 Å². The maximum absolute atomic E-state index is 12.8. The van der Waals surface area contributed by atoms with Gasteiger partial charge in [-0.25, -0.2) is 9.18 Å². The first-order valence-electron chi connectivity index (χ1n) is 6.48. The number of rotatable bonds is 5. The van der Waals surface area contributed by atoms with Crippen LogP contribution in [0.5, 0.6) is 5.75 Å². The average molecular weight is 303 g/mol. The van der Waals surface area contributed by atoms with Gasteiger partial charge in [0.1, 0.15) is 17.1 Å². The summed E-state index contributed by atoms with van der Waals surface area (Å²) < 4.78 is 18.0. The summed E-state index contributed by atoms with van der Waals surface area (Å²) in [5.74, 6) is -1.87. The van der Waals surface area contributed by atoms with E-state index in [2.05, 4.69) is 5.32 Å². The molecule has 0 saturated carbocycles. The van der Waals surface area contributed by atoms with E-state index >= 15 is 0 Å². The molecule has 0 atom stereocenters. The van der Waals surface area contributed by atoms with Gasteiger partial charge in [0.25, 0.3) is 5.91 Å². The standard InChI is InChI=1S/C16H14FNO4/c1-10-2-7-13(16(20)21)14(8-10)22-9-15(19)18-12-5-3-11(17)4-6-12/h2-8H,9H2,1H3,(H,18,19)(H,20,21). The summed E-state index contributed by atoms with van der Waals surface area (Å²) in [6, 6.07) is 9.90. The van der Waals surface area contributed by atoms with Crippen molar-refractivity contribution in [3.05, 3.63) is 59.4 Å². The second kappa shape index (κ2) is 6.71. The smallest absolute Gasteiger partial charge is 0.339 e. The van der Waals surface area contributed by atoms with Crippen LogP contribution in [0.4, 0.5) is 10.1 Å². The highest BCUT2D eigenvalue weighted by Gasteiger charge is 2.13. The molecule has 0 radical (unpaired) electrons. The van der Waals surface area contributed by atoms with Gasteiger partial charge >= 0.3 is 5.97 Å². The summed E-state index contributed by atoms with van der Waals surface area (Å²) in [5.41, 5.74) is 1.23. The van der Waals surface area contributed by atoms with Gasteiger partial charge in [-0.2, -0.15) is 0 Å². The van der Waals surface area contributed by atoms with E-state index in [4.69, 9.17) is 9.84 Å². The van der Waals surface area contributed by atoms with Gasteiger partial charge in [-0.3, -0.25) is 4.79 Å². The molecule has 0 aliphatic rings. The molecule has 0 aliphatic carbocycles. The first kappa shape index (κ1) is 15.5. The van der Waals surface area contributed by atoms with E-state index in [0.717, 1.165) is 5.56 Å². The van der Waals surface area contributed by atoms with Crippen LogP contribution in [0.25, 0.3) is 0 Å². The predicted molar refractivity (Wildman–Crippen MR) is 78.7 cm³/mol. The number of ether oxygens (including phenoxy) is 1. The Hall–Kier alpha value is -2.89. The number of carboxylic acid groups (broad SMARTS) is 1. The monoisotopic (exact) mass is 303 g/mol. The van der Waals surface area contributed by atoms with Gasteiger partial charge in [-0.1, -0.05) is 6.07 Å². The van der Waals surface area contributed by atoms with Gasteiger partial charge in [0.15, 0.2) is 6.61 Å². The van der Waals surface area contributed by atoms with E-state index in [-0.39, 0.29) is 17.9 Å². The molecule has 0 heterocycles. The molecular formula is C16H14FNO4. The SMILES string of the molecule is Cc1ccc(C(=O)O)c(OCC(=O)Nc2ccc(F)cc2)c1. The van der Waals surface area contributed by atoms with Gasteiger partial charge in [0.2, 0.25) is 0 Å². The minimum Gasteiger partial charge on any atom is -0.483 e. The fourth-order valence-corrected chi connectivity index (χ4v) is 1.80. The maximum atomic E-state index is 12.8. The number of carbonyl (C=O) groups is 2. The Morgan fingerprint density at radius 3 is 2.50 bits per heavy atom. The largest absolute Gasteiger partial charge is 0.483 e. The molecule has 5 nitrogen and oxygen atoms in total. The lowest BCUT2D eigenvalue weighted by Gasteiger charge is -2.10. The van der Waals surface area contributed by atoms with Gasteiger partial charge < -0.3 is 15.2 Å². The first-order chi connectivity index (χ1) is 10.5. The average Bonchev–Trinajstić information content (AvgIpc) is 2.47. The molecule has 0 fully saturated rings. The Kier molecular flexibility index (Phi) is 4.73. The van der Waals surface area contributed by atoms with Crippen LogP contribution < -0.4 is 10.1 Å². The molecule has 2 rings (SSSR count). The third-order valence-electron chi connectivity index (χ3n) is 2.85. The minimum absolute atomic E-state index is 0.0137. The molecule has 2 aromatic rings. The zero-order chi connectivity index (χ0) is 16.1. The number of aromatic carboxylic acids is 1. The van der Waals surface area contributed by atoms with Crippen molar-refractivity contribution >= 4 is 17.6 Å². The Labute approximate surface area is 126 Å². The highest BCUT2D eigenvalue weighted by Crippen LogP contribution is 2.20. The fourth-order valence-electron chi connectivity index (χ4n) is 1.80. The van der Waals surface area contributed by atoms with E-state index in [0.29, 0.717) is 5.69 Å². The molecule has 0 bridgehead atoms. The molecule has 2 aromatic carbocycles. The highest BCUT2D eigenvalue weighted by atomic mass is 19.1. The van der Waals surface area contributed by atoms with Crippen LogP contribution in [0.1, 0.15) is 15.9 Å². The van der Waals surface area contributed by atoms with Crippen molar-refractivity contribution in [1.82, 2.24) is 0 Å². The number of carboxylic acids is 1. The maximum Gasteiger partial charge on any atom is 0.339 e. The van der Waals surface area contributed by atoms with Crippen LogP contribution in [0.15, 0.2) is 42.5 Å². The highest BCUT2D eigenvalue weighted by molar-refractivity contribution is 5.93. The number of benzene rings is 2. The third-order valence-corrected chi connectivity index (χ3v) is 2.85. The van der Waals surface area contributed by atoms with E-state index < -0.39 is 17.7 Å². The molecule has 22 heavy (non-hydrogen) atoms. The van der Waals surface area contributed by atoms with Crippen LogP contribution in [0.2, 0.25) is 0 Å².